The Hall–Kier alpha value is -2.28. The molecule has 0 radical (unpaired) electrons. The molecule has 7 heteroatoms. The number of likely N-dealkylation sites (N-methyl/N-ethyl adjacent to an activating group) is 1. The van der Waals surface area contributed by atoms with E-state index in [1.807, 2.05) is 44.4 Å². The van der Waals surface area contributed by atoms with Gasteiger partial charge in [-0.05, 0) is 44.9 Å². The molecule has 1 saturated heterocycles. The minimum absolute atomic E-state index is 0.0523. The molecule has 1 aromatic carbocycles. The summed E-state index contributed by atoms with van der Waals surface area (Å²) in [5, 5.41) is 6.68. The number of rotatable bonds is 11. The first-order valence-electron chi connectivity index (χ1n) is 10.8. The summed E-state index contributed by atoms with van der Waals surface area (Å²) in [7, 11) is 3.68. The number of likely N-dealkylation sites (tertiary alicyclic amines) is 1. The maximum atomic E-state index is 12.3. The first-order valence-corrected chi connectivity index (χ1v) is 10.8. The van der Waals surface area contributed by atoms with Gasteiger partial charge in [-0.25, -0.2) is 0 Å². The zero-order valence-electron chi connectivity index (χ0n) is 18.2. The van der Waals surface area contributed by atoms with Crippen molar-refractivity contribution in [3.8, 4) is 5.75 Å². The zero-order chi connectivity index (χ0) is 20.9. The van der Waals surface area contributed by atoms with Crippen molar-refractivity contribution in [2.75, 3.05) is 53.4 Å². The molecular weight excluding hydrogens is 366 g/mol. The fourth-order valence-electron chi connectivity index (χ4n) is 3.46. The SMILES string of the molecule is CCNC(=NCCCOc1ccccc1)NCCCN1CCCC1C(=O)N(C)C. The highest BCUT2D eigenvalue weighted by atomic mass is 16.5. The number of nitrogens with one attached hydrogen (secondary N) is 2. The average molecular weight is 404 g/mol. The number of guanidine groups is 1. The van der Waals surface area contributed by atoms with Crippen LogP contribution in [0.2, 0.25) is 0 Å². The second-order valence-electron chi connectivity index (χ2n) is 7.48. The van der Waals surface area contributed by atoms with Gasteiger partial charge in [-0.2, -0.15) is 0 Å². The molecule has 1 fully saturated rings. The number of amides is 1. The van der Waals surface area contributed by atoms with Crippen LogP contribution in [0, 0.1) is 0 Å². The maximum absolute atomic E-state index is 12.3. The Morgan fingerprint density at radius 3 is 2.76 bits per heavy atom. The molecule has 162 valence electrons. The average Bonchev–Trinajstić information content (AvgIpc) is 3.19. The summed E-state index contributed by atoms with van der Waals surface area (Å²) in [4.78, 5) is 20.9. The van der Waals surface area contributed by atoms with E-state index in [1.165, 1.54) is 0 Å². The molecule has 1 aromatic rings. The number of hydrogen-bond donors (Lipinski definition) is 2. The number of carbonyl (C=O) groups excluding carboxylic acids is 1. The minimum atomic E-state index is 0.0523. The van der Waals surface area contributed by atoms with E-state index >= 15 is 0 Å². The molecule has 1 unspecified atom stereocenters. The van der Waals surface area contributed by atoms with E-state index in [0.29, 0.717) is 13.2 Å². The van der Waals surface area contributed by atoms with Crippen LogP contribution in [0.5, 0.6) is 5.75 Å². The third-order valence-corrected chi connectivity index (χ3v) is 4.93. The summed E-state index contributed by atoms with van der Waals surface area (Å²) in [6, 6.07) is 9.91. The van der Waals surface area contributed by atoms with Crippen molar-refractivity contribution >= 4 is 11.9 Å². The molecule has 29 heavy (non-hydrogen) atoms. The largest absolute Gasteiger partial charge is 0.494 e. The van der Waals surface area contributed by atoms with Gasteiger partial charge in [0, 0.05) is 46.7 Å². The fourth-order valence-corrected chi connectivity index (χ4v) is 3.46. The number of aliphatic imine (C=N–C) groups is 1. The van der Waals surface area contributed by atoms with Gasteiger partial charge >= 0.3 is 0 Å². The molecule has 0 aliphatic carbocycles. The second-order valence-corrected chi connectivity index (χ2v) is 7.48. The van der Waals surface area contributed by atoms with E-state index in [1.54, 1.807) is 4.90 Å². The van der Waals surface area contributed by atoms with Crippen molar-refractivity contribution in [3.63, 3.8) is 0 Å². The lowest BCUT2D eigenvalue weighted by Gasteiger charge is -2.26. The highest BCUT2D eigenvalue weighted by Crippen LogP contribution is 2.18. The third kappa shape index (κ3) is 8.31. The molecule has 0 saturated carbocycles. The van der Waals surface area contributed by atoms with Crippen LogP contribution in [0.25, 0.3) is 0 Å². The van der Waals surface area contributed by atoms with Crippen molar-refractivity contribution in [1.29, 1.82) is 0 Å². The molecule has 1 aliphatic heterocycles. The Morgan fingerprint density at radius 2 is 2.03 bits per heavy atom. The van der Waals surface area contributed by atoms with Crippen LogP contribution < -0.4 is 15.4 Å². The summed E-state index contributed by atoms with van der Waals surface area (Å²) in [6.45, 7) is 7.05. The van der Waals surface area contributed by atoms with Gasteiger partial charge in [-0.15, -0.1) is 0 Å². The number of carbonyl (C=O) groups is 1. The molecule has 1 atom stereocenters. The number of benzene rings is 1. The molecule has 2 N–H and O–H groups in total. The lowest BCUT2D eigenvalue weighted by atomic mass is 10.2. The Kier molecular flexibility index (Phi) is 10.3. The lowest BCUT2D eigenvalue weighted by Crippen LogP contribution is -2.44. The van der Waals surface area contributed by atoms with Crippen LogP contribution in [0.15, 0.2) is 35.3 Å². The van der Waals surface area contributed by atoms with Crippen molar-refractivity contribution in [1.82, 2.24) is 20.4 Å². The van der Waals surface area contributed by atoms with Crippen molar-refractivity contribution in [2.24, 2.45) is 4.99 Å². The summed E-state index contributed by atoms with van der Waals surface area (Å²) >= 11 is 0. The minimum Gasteiger partial charge on any atom is -0.494 e. The van der Waals surface area contributed by atoms with Gasteiger partial charge in [0.05, 0.1) is 12.6 Å². The Labute approximate surface area is 175 Å². The van der Waals surface area contributed by atoms with Crippen LogP contribution in [0.4, 0.5) is 0 Å². The van der Waals surface area contributed by atoms with Gasteiger partial charge in [-0.1, -0.05) is 18.2 Å². The Balaban J connectivity index is 1.65. The summed E-state index contributed by atoms with van der Waals surface area (Å²) in [5.41, 5.74) is 0. The number of para-hydroxylation sites is 1. The standard InChI is InChI=1S/C22H37N5O2/c1-4-23-22(25-15-10-18-29-19-11-6-5-7-12-19)24-14-9-17-27-16-8-13-20(27)21(28)26(2)3/h5-7,11-12,20H,4,8-10,13-18H2,1-3H3,(H2,23,24,25). The first kappa shape index (κ1) is 23.0. The van der Waals surface area contributed by atoms with Crippen molar-refractivity contribution < 1.29 is 9.53 Å². The molecule has 1 heterocycles. The molecule has 0 bridgehead atoms. The van der Waals surface area contributed by atoms with Gasteiger partial charge in [0.1, 0.15) is 5.75 Å². The van der Waals surface area contributed by atoms with Crippen molar-refractivity contribution in [3.05, 3.63) is 30.3 Å². The Bertz CT molecular complexity index is 621. The topological polar surface area (TPSA) is 69.2 Å². The van der Waals surface area contributed by atoms with E-state index in [9.17, 15) is 4.79 Å². The maximum Gasteiger partial charge on any atom is 0.239 e. The lowest BCUT2D eigenvalue weighted by molar-refractivity contribution is -0.133. The predicted octanol–water partition coefficient (Wildman–Crippen LogP) is 1.95. The van der Waals surface area contributed by atoms with Gasteiger partial charge in [-0.3, -0.25) is 14.7 Å². The van der Waals surface area contributed by atoms with Crippen LogP contribution >= 0.6 is 0 Å². The van der Waals surface area contributed by atoms with E-state index in [2.05, 4.69) is 27.4 Å². The fraction of sp³-hybridized carbons (Fsp3) is 0.636. The third-order valence-electron chi connectivity index (χ3n) is 4.93. The number of hydrogen-bond acceptors (Lipinski definition) is 4. The Morgan fingerprint density at radius 1 is 1.24 bits per heavy atom. The normalized spacial score (nSPS) is 17.2. The van der Waals surface area contributed by atoms with E-state index in [4.69, 9.17) is 4.74 Å². The number of ether oxygens (including phenoxy) is 1. The molecule has 1 aliphatic rings. The van der Waals surface area contributed by atoms with Crippen LogP contribution in [0.3, 0.4) is 0 Å². The summed E-state index contributed by atoms with van der Waals surface area (Å²) in [6.07, 6.45) is 3.93. The van der Waals surface area contributed by atoms with Gasteiger partial charge in [0.25, 0.3) is 0 Å². The molecule has 0 aromatic heterocycles. The van der Waals surface area contributed by atoms with Crippen LogP contribution in [-0.2, 0) is 4.79 Å². The second kappa shape index (κ2) is 13.0. The van der Waals surface area contributed by atoms with E-state index in [-0.39, 0.29) is 11.9 Å². The summed E-state index contributed by atoms with van der Waals surface area (Å²) < 4.78 is 5.70. The van der Waals surface area contributed by atoms with Crippen LogP contribution in [0.1, 0.15) is 32.6 Å². The quantitative estimate of drug-likeness (QED) is 0.336. The van der Waals surface area contributed by atoms with Crippen LogP contribution in [-0.4, -0.2) is 81.1 Å². The molecule has 2 rings (SSSR count). The van der Waals surface area contributed by atoms with E-state index < -0.39 is 0 Å². The molecule has 7 nitrogen and oxygen atoms in total. The van der Waals surface area contributed by atoms with Gasteiger partial charge < -0.3 is 20.3 Å². The van der Waals surface area contributed by atoms with E-state index in [0.717, 1.165) is 63.6 Å². The zero-order valence-corrected chi connectivity index (χ0v) is 18.2. The highest BCUT2D eigenvalue weighted by Gasteiger charge is 2.30. The highest BCUT2D eigenvalue weighted by molar-refractivity contribution is 5.81. The molecule has 0 spiro atoms. The predicted molar refractivity (Wildman–Crippen MR) is 118 cm³/mol. The van der Waals surface area contributed by atoms with Gasteiger partial charge in [0.15, 0.2) is 5.96 Å². The van der Waals surface area contributed by atoms with Gasteiger partial charge in [0.2, 0.25) is 5.91 Å². The molecule has 1 amide bonds. The number of nitrogens with zero attached hydrogens (tertiary/aromatic N) is 3. The smallest absolute Gasteiger partial charge is 0.239 e. The molecular formula is C22H37N5O2. The summed E-state index contributed by atoms with van der Waals surface area (Å²) in [5.74, 6) is 1.96. The first-order chi connectivity index (χ1) is 14.1. The van der Waals surface area contributed by atoms with Crippen molar-refractivity contribution in [2.45, 2.75) is 38.6 Å². The monoisotopic (exact) mass is 403 g/mol.